The minimum Gasteiger partial charge on any atom is -0.496 e. The van der Waals surface area contributed by atoms with Gasteiger partial charge in [-0.1, -0.05) is 11.6 Å². The van der Waals surface area contributed by atoms with Crippen molar-refractivity contribution in [3.8, 4) is 11.4 Å². The van der Waals surface area contributed by atoms with Gasteiger partial charge < -0.3 is 4.74 Å². The molecule has 0 amide bonds. The molecule has 3 rings (SSSR count). The van der Waals surface area contributed by atoms with Gasteiger partial charge in [0.1, 0.15) is 5.75 Å². The van der Waals surface area contributed by atoms with Gasteiger partial charge in [-0.25, -0.2) is 13.1 Å². The quantitative estimate of drug-likeness (QED) is 0.688. The van der Waals surface area contributed by atoms with Gasteiger partial charge in [0, 0.05) is 5.02 Å². The van der Waals surface area contributed by atoms with Gasteiger partial charge in [-0.05, 0) is 65.4 Å². The second-order valence-corrected chi connectivity index (χ2v) is 7.64. The van der Waals surface area contributed by atoms with Gasteiger partial charge in [0.05, 0.1) is 24.2 Å². The Balaban J connectivity index is 1.80. The lowest BCUT2D eigenvalue weighted by Crippen LogP contribution is -2.25. The van der Waals surface area contributed by atoms with Crippen LogP contribution in [-0.2, 0) is 16.6 Å². The van der Waals surface area contributed by atoms with E-state index >= 15 is 0 Å². The van der Waals surface area contributed by atoms with Crippen molar-refractivity contribution >= 4 is 21.6 Å². The fourth-order valence-electron chi connectivity index (χ4n) is 2.36. The standard InChI is InChI=1S/C16H16ClN5O3S/c1-11-9-14(7-8-15(11)25-2)26(23,24)18-10-16-19-20-21-22(16)13-5-3-12(17)4-6-13/h3-9,18H,10H2,1-2H3. The minimum absolute atomic E-state index is 0.0664. The van der Waals surface area contributed by atoms with E-state index in [1.165, 1.54) is 17.9 Å². The SMILES string of the molecule is COc1ccc(S(=O)(=O)NCc2nnnn2-c2ccc(Cl)cc2)cc1C. The molecule has 2 aromatic carbocycles. The maximum atomic E-state index is 12.5. The Labute approximate surface area is 155 Å². The Bertz CT molecular complexity index is 1020. The van der Waals surface area contributed by atoms with Crippen LogP contribution in [0.15, 0.2) is 47.4 Å². The maximum Gasteiger partial charge on any atom is 0.240 e. The van der Waals surface area contributed by atoms with Crippen molar-refractivity contribution in [2.75, 3.05) is 7.11 Å². The molecule has 26 heavy (non-hydrogen) atoms. The molecule has 3 aromatic rings. The number of tetrazole rings is 1. The molecule has 10 heteroatoms. The Morgan fingerprint density at radius 1 is 1.19 bits per heavy atom. The van der Waals surface area contributed by atoms with Crippen LogP contribution in [0.1, 0.15) is 11.4 Å². The lowest BCUT2D eigenvalue weighted by Gasteiger charge is -2.10. The van der Waals surface area contributed by atoms with E-state index in [2.05, 4.69) is 20.2 Å². The molecule has 0 aliphatic rings. The van der Waals surface area contributed by atoms with E-state index in [-0.39, 0.29) is 11.4 Å². The molecule has 0 aliphatic heterocycles. The van der Waals surface area contributed by atoms with E-state index in [1.54, 1.807) is 43.3 Å². The van der Waals surface area contributed by atoms with Crippen LogP contribution in [0.25, 0.3) is 5.69 Å². The number of hydrogen-bond donors (Lipinski definition) is 1. The summed E-state index contributed by atoms with van der Waals surface area (Å²) in [6.07, 6.45) is 0. The molecule has 1 N–H and O–H groups in total. The highest BCUT2D eigenvalue weighted by atomic mass is 35.5. The summed E-state index contributed by atoms with van der Waals surface area (Å²) in [4.78, 5) is 0.140. The number of nitrogens with zero attached hydrogens (tertiary/aromatic N) is 4. The summed E-state index contributed by atoms with van der Waals surface area (Å²) in [5.74, 6) is 0.969. The zero-order chi connectivity index (χ0) is 18.7. The zero-order valence-electron chi connectivity index (χ0n) is 14.0. The smallest absolute Gasteiger partial charge is 0.240 e. The normalized spacial score (nSPS) is 11.5. The molecule has 0 atom stereocenters. The number of nitrogens with one attached hydrogen (secondary N) is 1. The zero-order valence-corrected chi connectivity index (χ0v) is 15.6. The van der Waals surface area contributed by atoms with E-state index in [1.807, 2.05) is 0 Å². The van der Waals surface area contributed by atoms with Crippen LogP contribution >= 0.6 is 11.6 Å². The minimum atomic E-state index is -3.73. The average Bonchev–Trinajstić information content (AvgIpc) is 3.09. The van der Waals surface area contributed by atoms with Gasteiger partial charge in [0.2, 0.25) is 10.0 Å². The molecule has 0 spiro atoms. The summed E-state index contributed by atoms with van der Waals surface area (Å²) in [6, 6.07) is 11.5. The number of methoxy groups -OCH3 is 1. The molecule has 0 saturated carbocycles. The third kappa shape index (κ3) is 3.85. The molecule has 0 unspecified atom stereocenters. The van der Waals surface area contributed by atoms with Crippen molar-refractivity contribution in [2.24, 2.45) is 0 Å². The second-order valence-electron chi connectivity index (χ2n) is 5.44. The molecular formula is C16H16ClN5O3S. The first-order chi connectivity index (χ1) is 12.4. The van der Waals surface area contributed by atoms with Crippen LogP contribution in [0.2, 0.25) is 5.02 Å². The summed E-state index contributed by atoms with van der Waals surface area (Å²) in [5.41, 5.74) is 1.40. The van der Waals surface area contributed by atoms with E-state index in [0.717, 1.165) is 5.56 Å². The number of benzene rings is 2. The lowest BCUT2D eigenvalue weighted by molar-refractivity contribution is 0.411. The molecule has 8 nitrogen and oxygen atoms in total. The average molecular weight is 394 g/mol. The largest absolute Gasteiger partial charge is 0.496 e. The van der Waals surface area contributed by atoms with Gasteiger partial charge in [-0.15, -0.1) is 5.10 Å². The first kappa shape index (κ1) is 18.3. The summed E-state index contributed by atoms with van der Waals surface area (Å²) in [7, 11) is -2.19. The van der Waals surface area contributed by atoms with E-state index in [0.29, 0.717) is 22.3 Å². The predicted octanol–water partition coefficient (Wildman–Crippen LogP) is 2.11. The van der Waals surface area contributed by atoms with Gasteiger partial charge >= 0.3 is 0 Å². The number of aromatic nitrogens is 4. The van der Waals surface area contributed by atoms with Crippen LogP contribution < -0.4 is 9.46 Å². The summed E-state index contributed by atoms with van der Waals surface area (Å²) < 4.78 is 34.1. The first-order valence-corrected chi connectivity index (χ1v) is 9.44. The fraction of sp³-hybridized carbons (Fsp3) is 0.188. The van der Waals surface area contributed by atoms with Crippen LogP contribution in [0, 0.1) is 6.92 Å². The molecule has 1 aromatic heterocycles. The van der Waals surface area contributed by atoms with Crippen molar-refractivity contribution in [2.45, 2.75) is 18.4 Å². The Kier molecular flexibility index (Phi) is 5.21. The van der Waals surface area contributed by atoms with Crippen LogP contribution in [0.3, 0.4) is 0 Å². The van der Waals surface area contributed by atoms with Gasteiger partial charge in [0.15, 0.2) is 5.82 Å². The first-order valence-electron chi connectivity index (χ1n) is 7.58. The summed E-state index contributed by atoms with van der Waals surface area (Å²) in [5, 5.41) is 12.0. The number of halogens is 1. The maximum absolute atomic E-state index is 12.5. The number of aryl methyl sites for hydroxylation is 1. The number of sulfonamides is 1. The van der Waals surface area contributed by atoms with Gasteiger partial charge in [-0.2, -0.15) is 4.68 Å². The highest BCUT2D eigenvalue weighted by Gasteiger charge is 2.17. The topological polar surface area (TPSA) is 99.0 Å². The van der Waals surface area contributed by atoms with Crippen LogP contribution in [0.5, 0.6) is 5.75 Å². The highest BCUT2D eigenvalue weighted by Crippen LogP contribution is 2.21. The third-order valence-electron chi connectivity index (χ3n) is 3.70. The predicted molar refractivity (Wildman–Crippen MR) is 95.9 cm³/mol. The highest BCUT2D eigenvalue weighted by molar-refractivity contribution is 7.89. The number of ether oxygens (including phenoxy) is 1. The van der Waals surface area contributed by atoms with E-state index in [9.17, 15) is 8.42 Å². The van der Waals surface area contributed by atoms with Crippen molar-refractivity contribution in [1.82, 2.24) is 24.9 Å². The number of hydrogen-bond acceptors (Lipinski definition) is 6. The molecule has 0 fully saturated rings. The molecule has 0 radical (unpaired) electrons. The van der Waals surface area contributed by atoms with Gasteiger partial charge in [-0.3, -0.25) is 0 Å². The molecular weight excluding hydrogens is 378 g/mol. The van der Waals surface area contributed by atoms with Gasteiger partial charge in [0.25, 0.3) is 0 Å². The molecule has 136 valence electrons. The molecule has 0 bridgehead atoms. The Morgan fingerprint density at radius 3 is 2.58 bits per heavy atom. The molecule has 1 heterocycles. The third-order valence-corrected chi connectivity index (χ3v) is 5.35. The monoisotopic (exact) mass is 393 g/mol. The summed E-state index contributed by atoms with van der Waals surface area (Å²) in [6.45, 7) is 1.71. The van der Waals surface area contributed by atoms with Crippen molar-refractivity contribution < 1.29 is 13.2 Å². The van der Waals surface area contributed by atoms with Crippen LogP contribution in [-0.4, -0.2) is 35.7 Å². The molecule has 0 saturated heterocycles. The molecule has 0 aliphatic carbocycles. The second kappa shape index (κ2) is 7.40. The van der Waals surface area contributed by atoms with Crippen LogP contribution in [0.4, 0.5) is 0 Å². The Morgan fingerprint density at radius 2 is 1.92 bits per heavy atom. The Hall–Kier alpha value is -2.49. The van der Waals surface area contributed by atoms with Crippen molar-refractivity contribution in [3.05, 3.63) is 58.9 Å². The van der Waals surface area contributed by atoms with E-state index < -0.39 is 10.0 Å². The fourth-order valence-corrected chi connectivity index (χ4v) is 3.55. The lowest BCUT2D eigenvalue weighted by atomic mass is 10.2. The number of rotatable bonds is 6. The van der Waals surface area contributed by atoms with E-state index in [4.69, 9.17) is 16.3 Å². The van der Waals surface area contributed by atoms with Crippen molar-refractivity contribution in [1.29, 1.82) is 0 Å². The van der Waals surface area contributed by atoms with Crippen molar-refractivity contribution in [3.63, 3.8) is 0 Å². The summed E-state index contributed by atoms with van der Waals surface area (Å²) >= 11 is 5.87.